The Morgan fingerprint density at radius 2 is 1.57 bits per heavy atom. The van der Waals surface area contributed by atoms with E-state index < -0.39 is 45.4 Å². The molecule has 12 heteroatoms. The van der Waals surface area contributed by atoms with Crippen LogP contribution in [0.3, 0.4) is 0 Å². The van der Waals surface area contributed by atoms with Gasteiger partial charge >= 0.3 is 15.9 Å². The average Bonchev–Trinajstić information content (AvgIpc) is 2.34. The second-order valence-electron chi connectivity index (χ2n) is 4.27. The van der Waals surface area contributed by atoms with E-state index in [2.05, 4.69) is 6.58 Å². The molecule has 0 N–H and O–H groups in total. The third kappa shape index (κ3) is 1.69. The van der Waals surface area contributed by atoms with Gasteiger partial charge in [-0.3, -0.25) is 0 Å². The maximum atomic E-state index is 14.4. The van der Waals surface area contributed by atoms with Crippen molar-refractivity contribution in [3.63, 3.8) is 0 Å². The van der Waals surface area contributed by atoms with E-state index in [1.165, 1.54) is 0 Å². The minimum Gasteiger partial charge on any atom is -0.759 e. The molecule has 0 aliphatic carbocycles. The van der Waals surface area contributed by atoms with E-state index in [1.807, 2.05) is 0 Å². The first kappa shape index (κ1) is 18.1. The Morgan fingerprint density at radius 3 is 1.90 bits per heavy atom. The van der Waals surface area contributed by atoms with Crippen LogP contribution < -0.4 is 0 Å². The maximum Gasteiger partial charge on any atom is 0.353 e. The van der Waals surface area contributed by atoms with Gasteiger partial charge in [-0.15, -0.1) is 0 Å². The number of allylic oxidation sites excluding steroid dienone is 1. The number of halogens is 4. The fourth-order valence-electron chi connectivity index (χ4n) is 1.78. The van der Waals surface area contributed by atoms with Crippen LogP contribution in [0.25, 0.3) is 0 Å². The summed E-state index contributed by atoms with van der Waals surface area (Å²) in [7, 11) is -12.6. The molecule has 0 spiro atoms. The van der Waals surface area contributed by atoms with Gasteiger partial charge in [0.15, 0.2) is 0 Å². The summed E-state index contributed by atoms with van der Waals surface area (Å²) in [4.78, 5) is 0. The number of alkyl halides is 4. The van der Waals surface area contributed by atoms with Gasteiger partial charge in [0.1, 0.15) is 0 Å². The fraction of sp³-hybridized carbons (Fsp3) is 0.556. The van der Waals surface area contributed by atoms with Gasteiger partial charge in [0.25, 0.3) is 20.0 Å². The molecule has 1 aliphatic rings. The van der Waals surface area contributed by atoms with Gasteiger partial charge in [-0.25, -0.2) is 25.6 Å². The number of hydrogen-bond donors (Lipinski definition) is 0. The zero-order valence-electron chi connectivity index (χ0n) is 10.7. The van der Waals surface area contributed by atoms with Crippen LogP contribution in [0.2, 0.25) is 0 Å². The lowest BCUT2D eigenvalue weighted by molar-refractivity contribution is -0.139. The summed E-state index contributed by atoms with van der Waals surface area (Å²) in [6.45, 7) is 4.05. The molecule has 0 aromatic rings. The van der Waals surface area contributed by atoms with E-state index in [4.69, 9.17) is 0 Å². The average molecular weight is 352 g/mol. The van der Waals surface area contributed by atoms with Gasteiger partial charge < -0.3 is 5.21 Å². The quantitative estimate of drug-likeness (QED) is 0.555. The standard InChI is InChI=1S/C9H10F4NO5S2/c1-4-5-7(10)9(12,13)8(11,6(2)3)21(18,19)14(15)20(7,16)17/h4-5H,2H2,1,3H3/q-1/b5-4+. The highest BCUT2D eigenvalue weighted by atomic mass is 32.3. The van der Waals surface area contributed by atoms with Gasteiger partial charge in [0.05, 0.1) is 0 Å². The summed E-state index contributed by atoms with van der Waals surface area (Å²) in [5.41, 5.74) is -1.44. The lowest BCUT2D eigenvalue weighted by Crippen LogP contribution is -2.73. The summed E-state index contributed by atoms with van der Waals surface area (Å²) in [5, 5.41) is 1.52. The Morgan fingerprint density at radius 1 is 1.14 bits per heavy atom. The van der Waals surface area contributed by atoms with Gasteiger partial charge in [-0.2, -0.15) is 12.7 Å². The first-order valence-electron chi connectivity index (χ1n) is 5.18. The maximum absolute atomic E-state index is 14.4. The molecule has 0 aromatic carbocycles. The summed E-state index contributed by atoms with van der Waals surface area (Å²) < 4.78 is 101. The van der Waals surface area contributed by atoms with Crippen LogP contribution in [0.1, 0.15) is 13.8 Å². The Labute approximate surface area is 118 Å². The molecular formula is C9H10F4NO5S2-. The first-order valence-corrected chi connectivity index (χ1v) is 8.06. The Bertz CT molecular complexity index is 716. The van der Waals surface area contributed by atoms with Crippen molar-refractivity contribution in [2.24, 2.45) is 0 Å². The highest BCUT2D eigenvalue weighted by molar-refractivity contribution is 8.06. The highest BCUT2D eigenvalue weighted by Gasteiger charge is 2.83. The highest BCUT2D eigenvalue weighted by Crippen LogP contribution is 2.58. The molecule has 6 nitrogen and oxygen atoms in total. The SMILES string of the molecule is C=C(C)C1(F)C(F)(F)C(F)(/C=C/C)S(=O)(=O)N([O-])S1(=O)=O. The third-order valence-electron chi connectivity index (χ3n) is 2.89. The second-order valence-corrected chi connectivity index (χ2v) is 8.22. The number of nitrogens with zero attached hydrogens (tertiary/aromatic N) is 1. The van der Waals surface area contributed by atoms with Crippen LogP contribution in [0.4, 0.5) is 17.6 Å². The zero-order chi connectivity index (χ0) is 17.1. The monoisotopic (exact) mass is 352 g/mol. The zero-order valence-corrected chi connectivity index (χ0v) is 12.3. The van der Waals surface area contributed by atoms with Gasteiger partial charge in [0.2, 0.25) is 0 Å². The molecule has 0 amide bonds. The predicted molar refractivity (Wildman–Crippen MR) is 65.3 cm³/mol. The van der Waals surface area contributed by atoms with Crippen molar-refractivity contribution in [1.29, 1.82) is 0 Å². The van der Waals surface area contributed by atoms with Crippen LogP contribution in [-0.4, -0.2) is 36.6 Å². The Hall–Kier alpha value is -0.980. The first-order chi connectivity index (χ1) is 9.16. The van der Waals surface area contributed by atoms with Crippen molar-refractivity contribution < 1.29 is 34.4 Å². The molecule has 0 bridgehead atoms. The fourth-order valence-corrected chi connectivity index (χ4v) is 5.62. The summed E-state index contributed by atoms with van der Waals surface area (Å²) >= 11 is 0. The lowest BCUT2D eigenvalue weighted by atomic mass is 10.0. The molecule has 122 valence electrons. The third-order valence-corrected chi connectivity index (χ3v) is 7.31. The molecule has 1 rings (SSSR count). The molecule has 0 aromatic heterocycles. The molecule has 1 aliphatic heterocycles. The van der Waals surface area contributed by atoms with E-state index in [0.29, 0.717) is 13.0 Å². The van der Waals surface area contributed by atoms with E-state index >= 15 is 0 Å². The van der Waals surface area contributed by atoms with Crippen molar-refractivity contribution in [1.82, 2.24) is 3.87 Å². The van der Waals surface area contributed by atoms with Crippen molar-refractivity contribution in [3.05, 3.63) is 29.5 Å². The topological polar surface area (TPSA) is 94.6 Å². The molecule has 0 radical (unpaired) electrons. The van der Waals surface area contributed by atoms with Crippen molar-refractivity contribution in [2.45, 2.75) is 29.8 Å². The largest absolute Gasteiger partial charge is 0.759 e. The van der Waals surface area contributed by atoms with Gasteiger partial charge in [0, 0.05) is 0 Å². The summed E-state index contributed by atoms with van der Waals surface area (Å²) in [6.07, 6.45) is 0.190. The minimum atomic E-state index is -6.31. The van der Waals surface area contributed by atoms with Crippen molar-refractivity contribution in [3.8, 4) is 0 Å². The summed E-state index contributed by atoms with van der Waals surface area (Å²) in [6, 6.07) is 0. The molecule has 2 unspecified atom stereocenters. The van der Waals surface area contributed by atoms with E-state index in [1.54, 1.807) is 0 Å². The van der Waals surface area contributed by atoms with Crippen LogP contribution in [0.15, 0.2) is 24.3 Å². The number of sulfonamides is 2. The van der Waals surface area contributed by atoms with E-state index in [-0.39, 0.29) is 6.08 Å². The van der Waals surface area contributed by atoms with Crippen LogP contribution >= 0.6 is 0 Å². The molecule has 1 fully saturated rings. The van der Waals surface area contributed by atoms with Crippen LogP contribution in [-0.2, 0) is 20.0 Å². The van der Waals surface area contributed by atoms with E-state index in [9.17, 15) is 39.6 Å². The minimum absolute atomic E-state index is 0.292. The number of hydrogen-bond acceptors (Lipinski definition) is 5. The van der Waals surface area contributed by atoms with Gasteiger partial charge in [-0.1, -0.05) is 12.7 Å². The summed E-state index contributed by atoms with van der Waals surface area (Å²) in [5.74, 6) is -5.63. The number of rotatable bonds is 2. The van der Waals surface area contributed by atoms with Crippen molar-refractivity contribution in [2.75, 3.05) is 0 Å². The Kier molecular flexibility index (Phi) is 3.88. The lowest BCUT2D eigenvalue weighted by Gasteiger charge is -2.49. The second kappa shape index (κ2) is 4.51. The smallest absolute Gasteiger partial charge is 0.353 e. The molecule has 21 heavy (non-hydrogen) atoms. The predicted octanol–water partition coefficient (Wildman–Crippen LogP) is 1.58. The van der Waals surface area contributed by atoms with Gasteiger partial charge in [-0.05, 0) is 25.5 Å². The normalized spacial score (nSPS) is 38.4. The molecular weight excluding hydrogens is 342 g/mol. The Balaban J connectivity index is 4.05. The van der Waals surface area contributed by atoms with Crippen molar-refractivity contribution >= 4 is 20.0 Å². The van der Waals surface area contributed by atoms with Crippen LogP contribution in [0.5, 0.6) is 0 Å². The molecule has 2 atom stereocenters. The molecule has 1 heterocycles. The molecule has 1 saturated heterocycles. The van der Waals surface area contributed by atoms with E-state index in [0.717, 1.165) is 6.92 Å². The molecule has 0 saturated carbocycles. The van der Waals surface area contributed by atoms with Crippen LogP contribution in [0, 0.1) is 5.21 Å².